The lowest BCUT2D eigenvalue weighted by Crippen LogP contribution is -2.67. The van der Waals surface area contributed by atoms with Crippen molar-refractivity contribution in [3.63, 3.8) is 0 Å². The van der Waals surface area contributed by atoms with Crippen LogP contribution in [0.4, 0.5) is 0 Å². The summed E-state index contributed by atoms with van der Waals surface area (Å²) in [5.74, 6) is -2.34. The number of carboxylic acid groups (broad SMARTS) is 2. The molecule has 5 aliphatic carbocycles. The van der Waals surface area contributed by atoms with Gasteiger partial charge in [0, 0.05) is 0 Å². The number of aliphatic hydroxyl groups excluding tert-OH is 6. The maximum Gasteiger partial charge on any atom is 0.335 e. The highest BCUT2D eigenvalue weighted by molar-refractivity contribution is 5.76. The highest BCUT2D eigenvalue weighted by Crippen LogP contribution is 2.76. The van der Waals surface area contributed by atoms with Crippen LogP contribution in [-0.2, 0) is 33.3 Å². The molecule has 4 saturated carbocycles. The van der Waals surface area contributed by atoms with Crippen molar-refractivity contribution in [1.82, 2.24) is 0 Å². The Hall–Kier alpha value is -2.05. The molecule has 8 N–H and O–H groups in total. The number of allylic oxidation sites excluding steroid dienone is 2. The third-order valence-corrected chi connectivity index (χ3v) is 17.2. The molecule has 322 valence electrons. The Balaban J connectivity index is 1.18. The summed E-state index contributed by atoms with van der Waals surface area (Å²) in [6, 6.07) is 0. The number of fused-ring (bicyclic) bond motifs is 7. The van der Waals surface area contributed by atoms with Crippen LogP contribution in [0.1, 0.15) is 106 Å². The molecule has 0 amide bonds. The van der Waals surface area contributed by atoms with Gasteiger partial charge in [-0.25, -0.2) is 4.79 Å². The van der Waals surface area contributed by atoms with Crippen LogP contribution in [0.3, 0.4) is 0 Å². The third-order valence-electron chi connectivity index (χ3n) is 17.2. The van der Waals surface area contributed by atoms with E-state index in [1.54, 1.807) is 0 Å². The van der Waals surface area contributed by atoms with Gasteiger partial charge in [-0.2, -0.15) is 0 Å². The molecule has 2 aliphatic heterocycles. The molecule has 0 aromatic heterocycles. The van der Waals surface area contributed by atoms with E-state index < -0.39 is 96.9 Å². The van der Waals surface area contributed by atoms with Gasteiger partial charge in [0.15, 0.2) is 18.7 Å². The van der Waals surface area contributed by atoms with Gasteiger partial charge in [-0.1, -0.05) is 53.2 Å². The average molecular weight is 809 g/mol. The molecule has 7 aliphatic rings. The molecule has 15 heteroatoms. The van der Waals surface area contributed by atoms with Crippen molar-refractivity contribution in [3.8, 4) is 0 Å². The monoisotopic (exact) mass is 808 g/mol. The van der Waals surface area contributed by atoms with Crippen molar-refractivity contribution in [2.75, 3.05) is 6.61 Å². The van der Waals surface area contributed by atoms with Crippen molar-refractivity contribution in [2.45, 2.75) is 173 Å². The predicted molar refractivity (Wildman–Crippen MR) is 199 cm³/mol. The number of aliphatic carboxylic acids is 2. The van der Waals surface area contributed by atoms with Gasteiger partial charge in [0.05, 0.1) is 23.5 Å². The van der Waals surface area contributed by atoms with E-state index in [1.165, 1.54) is 5.57 Å². The Morgan fingerprint density at radius 1 is 0.789 bits per heavy atom. The number of ether oxygens (including phenoxy) is 4. The van der Waals surface area contributed by atoms with E-state index in [9.17, 15) is 55.2 Å². The largest absolute Gasteiger partial charge is 0.481 e. The van der Waals surface area contributed by atoms with Gasteiger partial charge in [0.2, 0.25) is 0 Å². The van der Waals surface area contributed by atoms with Gasteiger partial charge in [-0.3, -0.25) is 4.79 Å². The number of carbonyl (C=O) groups is 3. The van der Waals surface area contributed by atoms with Crippen LogP contribution < -0.4 is 0 Å². The lowest BCUT2D eigenvalue weighted by molar-refractivity contribution is -0.373. The molecule has 0 bridgehead atoms. The molecule has 19 unspecified atom stereocenters. The number of rotatable bonds is 8. The van der Waals surface area contributed by atoms with Gasteiger partial charge >= 0.3 is 11.9 Å². The van der Waals surface area contributed by atoms with Crippen molar-refractivity contribution >= 4 is 18.2 Å². The Morgan fingerprint density at radius 3 is 2.11 bits per heavy atom. The summed E-state index contributed by atoms with van der Waals surface area (Å²) < 4.78 is 23.6. The SMILES string of the molecule is CC1(C)CCC2(C(=O)O)CCC3(C)C(=CCC4C5(C)CCC(OC6OC(C(=O)O)C(O)C(O)C6OC6OC(CO)C(O)C(O)C6O)C(C)(C=O)C5CCC43C)C2C1. The summed E-state index contributed by atoms with van der Waals surface area (Å²) in [5, 5.41) is 83.7. The fraction of sp³-hybridized carbons (Fsp3) is 0.881. The minimum atomic E-state index is -2.01. The van der Waals surface area contributed by atoms with Crippen molar-refractivity contribution < 1.29 is 74.2 Å². The smallest absolute Gasteiger partial charge is 0.335 e. The van der Waals surface area contributed by atoms with Crippen LogP contribution in [0.2, 0.25) is 0 Å². The van der Waals surface area contributed by atoms with E-state index >= 15 is 0 Å². The number of aldehydes is 1. The zero-order valence-electron chi connectivity index (χ0n) is 34.0. The first kappa shape index (κ1) is 43.1. The second-order valence-corrected chi connectivity index (χ2v) is 20.4. The lowest BCUT2D eigenvalue weighted by atomic mass is 9.33. The minimum Gasteiger partial charge on any atom is -0.481 e. The summed E-state index contributed by atoms with van der Waals surface area (Å²) in [6.07, 6.45) is -8.40. The van der Waals surface area contributed by atoms with Crippen LogP contribution in [0.15, 0.2) is 11.6 Å². The summed E-state index contributed by atoms with van der Waals surface area (Å²) in [6.45, 7) is 12.6. The van der Waals surface area contributed by atoms with E-state index in [1.807, 2.05) is 6.92 Å². The highest BCUT2D eigenvalue weighted by atomic mass is 16.8. The summed E-state index contributed by atoms with van der Waals surface area (Å²) in [7, 11) is 0. The second kappa shape index (κ2) is 14.6. The van der Waals surface area contributed by atoms with Crippen molar-refractivity contribution in [3.05, 3.63) is 11.6 Å². The maximum absolute atomic E-state index is 13.5. The first-order valence-corrected chi connectivity index (χ1v) is 20.8. The van der Waals surface area contributed by atoms with Crippen LogP contribution in [0, 0.1) is 50.2 Å². The minimum absolute atomic E-state index is 0.0355. The quantitative estimate of drug-likeness (QED) is 0.0995. The van der Waals surface area contributed by atoms with Crippen molar-refractivity contribution in [1.29, 1.82) is 0 Å². The van der Waals surface area contributed by atoms with Gasteiger partial charge in [0.1, 0.15) is 49.0 Å². The van der Waals surface area contributed by atoms with E-state index in [2.05, 4.69) is 40.7 Å². The van der Waals surface area contributed by atoms with Gasteiger partial charge in [-0.15, -0.1) is 0 Å². The zero-order valence-corrected chi connectivity index (χ0v) is 34.0. The van der Waals surface area contributed by atoms with Gasteiger partial charge < -0.3 is 64.6 Å². The normalized spacial score (nSPS) is 53.2. The Kier molecular flexibility index (Phi) is 11.0. The lowest BCUT2D eigenvalue weighted by Gasteiger charge is -2.71. The van der Waals surface area contributed by atoms with Gasteiger partial charge in [0.25, 0.3) is 0 Å². The summed E-state index contributed by atoms with van der Waals surface area (Å²) >= 11 is 0. The molecule has 2 saturated heterocycles. The first-order chi connectivity index (χ1) is 26.5. The molecule has 19 atom stereocenters. The van der Waals surface area contributed by atoms with E-state index in [-0.39, 0.29) is 39.4 Å². The first-order valence-electron chi connectivity index (χ1n) is 20.8. The maximum atomic E-state index is 13.5. The molecule has 0 radical (unpaired) electrons. The van der Waals surface area contributed by atoms with E-state index in [0.29, 0.717) is 32.1 Å². The predicted octanol–water partition coefficient (Wildman–Crippen LogP) is 2.15. The van der Waals surface area contributed by atoms with Crippen LogP contribution in [-0.4, -0.2) is 133 Å². The fourth-order valence-electron chi connectivity index (χ4n) is 13.5. The number of hydrogen-bond acceptors (Lipinski definition) is 13. The van der Waals surface area contributed by atoms with Crippen LogP contribution in [0.5, 0.6) is 0 Å². The fourth-order valence-corrected chi connectivity index (χ4v) is 13.5. The zero-order chi connectivity index (χ0) is 41.8. The average Bonchev–Trinajstić information content (AvgIpc) is 3.15. The number of hydrogen-bond donors (Lipinski definition) is 8. The highest BCUT2D eigenvalue weighted by Gasteiger charge is 2.70. The van der Waals surface area contributed by atoms with Gasteiger partial charge in [-0.05, 0) is 104 Å². The molecule has 57 heavy (non-hydrogen) atoms. The number of aliphatic hydroxyl groups is 6. The molecule has 7 rings (SSSR count). The van der Waals surface area contributed by atoms with Crippen LogP contribution >= 0.6 is 0 Å². The molecule has 15 nitrogen and oxygen atoms in total. The molecule has 6 fully saturated rings. The third kappa shape index (κ3) is 6.31. The van der Waals surface area contributed by atoms with E-state index in [0.717, 1.165) is 38.4 Å². The standard InChI is InChI=1S/C42H64O15/c1-37(2)13-15-42(36(52)53)16-14-40(5)20(21(42)17-37)7-8-24-38(3)11-10-25(39(4,19-44)23(38)9-12-41(24,40)6)55-35-32(29(48)28(47)31(56-35)33(50)51)57-34-30(49)27(46)26(45)22(18-43)54-34/h7,19,21-32,34-35,43,45-49H,8-18H2,1-6H3,(H,50,51)(H,52,53). The molecule has 0 aromatic rings. The van der Waals surface area contributed by atoms with E-state index in [4.69, 9.17) is 18.9 Å². The molecular formula is C42H64O15. The topological polar surface area (TPSA) is 250 Å². The Morgan fingerprint density at radius 2 is 1.47 bits per heavy atom. The summed E-state index contributed by atoms with van der Waals surface area (Å²) in [4.78, 5) is 38.8. The molecular weight excluding hydrogens is 744 g/mol. The molecule has 2 heterocycles. The molecule has 0 spiro atoms. The summed E-state index contributed by atoms with van der Waals surface area (Å²) in [5.41, 5.74) is -1.32. The van der Waals surface area contributed by atoms with Crippen molar-refractivity contribution in [2.24, 2.45) is 50.2 Å². The van der Waals surface area contributed by atoms with Crippen LogP contribution in [0.25, 0.3) is 0 Å². The Bertz CT molecular complexity index is 1620. The number of carbonyl (C=O) groups excluding carboxylic acids is 1. The number of carboxylic acids is 2. The second-order valence-electron chi connectivity index (χ2n) is 20.4. The molecule has 0 aromatic carbocycles. The Labute approximate surface area is 333 Å².